The molecule has 0 aliphatic heterocycles. The summed E-state index contributed by atoms with van der Waals surface area (Å²) in [5, 5.41) is 3.62. The van der Waals surface area contributed by atoms with Crippen molar-refractivity contribution in [2.75, 3.05) is 13.7 Å². The van der Waals surface area contributed by atoms with Crippen molar-refractivity contribution in [3.05, 3.63) is 29.6 Å². The topological polar surface area (TPSA) is 34.2 Å². The van der Waals surface area contributed by atoms with Gasteiger partial charge in [0, 0.05) is 31.5 Å². The predicted octanol–water partition coefficient (Wildman–Crippen LogP) is 3.37. The highest BCUT2D eigenvalue weighted by Crippen LogP contribution is 2.22. The average molecular weight is 278 g/mol. The third-order valence-corrected chi connectivity index (χ3v) is 4.25. The number of aromatic nitrogens is 1. The maximum atomic E-state index is 5.77. The maximum absolute atomic E-state index is 5.77. The van der Waals surface area contributed by atoms with Crippen LogP contribution in [0.25, 0.3) is 0 Å². The summed E-state index contributed by atoms with van der Waals surface area (Å²) < 4.78 is 5.77. The molecule has 0 fully saturated rings. The van der Waals surface area contributed by atoms with Gasteiger partial charge in [-0.05, 0) is 44.4 Å². The Morgan fingerprint density at radius 2 is 2.05 bits per heavy atom. The molecule has 0 saturated carbocycles. The van der Waals surface area contributed by atoms with E-state index in [0.29, 0.717) is 0 Å². The number of aryl methyl sites for hydroxylation is 1. The van der Waals surface area contributed by atoms with Crippen LogP contribution in [0.5, 0.6) is 0 Å². The molecule has 0 aliphatic carbocycles. The molecule has 3 nitrogen and oxygen atoms in total. The van der Waals surface area contributed by atoms with E-state index in [2.05, 4.69) is 50.1 Å². The van der Waals surface area contributed by atoms with Gasteiger partial charge in [0.05, 0.1) is 5.60 Å². The Kier molecular flexibility index (Phi) is 7.17. The van der Waals surface area contributed by atoms with Crippen molar-refractivity contribution >= 4 is 0 Å². The van der Waals surface area contributed by atoms with E-state index in [1.165, 1.54) is 5.56 Å². The van der Waals surface area contributed by atoms with Crippen molar-refractivity contribution in [1.29, 1.82) is 0 Å². The number of hydrogen-bond acceptors (Lipinski definition) is 3. The Balaban J connectivity index is 2.82. The van der Waals surface area contributed by atoms with Crippen LogP contribution in [0.4, 0.5) is 0 Å². The molecule has 0 amide bonds. The van der Waals surface area contributed by atoms with Gasteiger partial charge in [-0.1, -0.05) is 26.8 Å². The van der Waals surface area contributed by atoms with Crippen molar-refractivity contribution in [2.24, 2.45) is 0 Å². The van der Waals surface area contributed by atoms with E-state index in [1.807, 2.05) is 6.20 Å². The van der Waals surface area contributed by atoms with Crippen molar-refractivity contribution in [3.8, 4) is 0 Å². The molecular formula is C17H30N2O. The Morgan fingerprint density at radius 3 is 2.50 bits per heavy atom. The average Bonchev–Trinajstić information content (AvgIpc) is 2.51. The summed E-state index contributed by atoms with van der Waals surface area (Å²) in [6.45, 7) is 9.71. The molecule has 0 aromatic carbocycles. The van der Waals surface area contributed by atoms with E-state index in [4.69, 9.17) is 4.74 Å². The lowest BCUT2D eigenvalue weighted by Gasteiger charge is -2.36. The second-order valence-corrected chi connectivity index (χ2v) is 5.59. The fourth-order valence-corrected chi connectivity index (χ4v) is 2.35. The van der Waals surface area contributed by atoms with E-state index < -0.39 is 0 Å². The summed E-state index contributed by atoms with van der Waals surface area (Å²) in [7, 11) is 1.80. The number of nitrogens with one attached hydrogen (secondary N) is 1. The van der Waals surface area contributed by atoms with Crippen LogP contribution in [-0.4, -0.2) is 30.3 Å². The minimum atomic E-state index is -0.153. The van der Waals surface area contributed by atoms with E-state index in [-0.39, 0.29) is 11.6 Å². The van der Waals surface area contributed by atoms with Gasteiger partial charge in [-0.25, -0.2) is 0 Å². The summed E-state index contributed by atoms with van der Waals surface area (Å²) in [6, 6.07) is 4.61. The molecule has 0 radical (unpaired) electrons. The summed E-state index contributed by atoms with van der Waals surface area (Å²) in [5.74, 6) is 0. The number of rotatable bonds is 9. The smallest absolute Gasteiger partial charge is 0.0804 e. The van der Waals surface area contributed by atoms with Gasteiger partial charge in [0.25, 0.3) is 0 Å². The molecule has 0 spiro atoms. The van der Waals surface area contributed by atoms with Gasteiger partial charge in [0.1, 0.15) is 0 Å². The largest absolute Gasteiger partial charge is 0.377 e. The van der Waals surface area contributed by atoms with Gasteiger partial charge in [0.2, 0.25) is 0 Å². The van der Waals surface area contributed by atoms with Crippen molar-refractivity contribution in [1.82, 2.24) is 10.3 Å². The number of hydrogen-bond donors (Lipinski definition) is 1. The summed E-state index contributed by atoms with van der Waals surface area (Å²) in [4.78, 5) is 4.58. The zero-order valence-corrected chi connectivity index (χ0v) is 13.7. The standard InChI is InChI=1S/C17H30N2O/c1-6-11-18-16(17(4,8-3)20-5)12-15-10-9-14(7-2)13-19-15/h9-10,13,16,18H,6-8,11-12H2,1-5H3. The lowest BCUT2D eigenvalue weighted by atomic mass is 9.89. The lowest BCUT2D eigenvalue weighted by molar-refractivity contribution is -0.0289. The Bertz CT molecular complexity index is 371. The van der Waals surface area contributed by atoms with Crippen LogP contribution in [0.3, 0.4) is 0 Å². The zero-order chi connectivity index (χ0) is 15.0. The highest BCUT2D eigenvalue weighted by Gasteiger charge is 2.32. The molecule has 114 valence electrons. The molecule has 0 saturated heterocycles. The normalized spacial score (nSPS) is 15.8. The number of pyridine rings is 1. The first kappa shape index (κ1) is 17.1. The molecule has 0 bridgehead atoms. The Labute approximate surface area is 124 Å². The first-order chi connectivity index (χ1) is 9.59. The van der Waals surface area contributed by atoms with Crippen molar-refractivity contribution in [2.45, 2.75) is 65.0 Å². The maximum Gasteiger partial charge on any atom is 0.0804 e. The van der Waals surface area contributed by atoms with E-state index in [1.54, 1.807) is 7.11 Å². The number of ether oxygens (including phenoxy) is 1. The van der Waals surface area contributed by atoms with Crippen LogP contribution in [0, 0.1) is 0 Å². The molecule has 1 rings (SSSR count). The highest BCUT2D eigenvalue weighted by atomic mass is 16.5. The molecule has 3 heteroatoms. The van der Waals surface area contributed by atoms with Crippen LogP contribution in [0.2, 0.25) is 0 Å². The monoisotopic (exact) mass is 278 g/mol. The van der Waals surface area contributed by atoms with Crippen LogP contribution < -0.4 is 5.32 Å². The van der Waals surface area contributed by atoms with Gasteiger partial charge >= 0.3 is 0 Å². The summed E-state index contributed by atoms with van der Waals surface area (Å²) in [5.41, 5.74) is 2.27. The fourth-order valence-electron chi connectivity index (χ4n) is 2.35. The molecule has 2 unspecified atom stereocenters. The summed E-state index contributed by atoms with van der Waals surface area (Å²) >= 11 is 0. The first-order valence-electron chi connectivity index (χ1n) is 7.81. The van der Waals surface area contributed by atoms with Crippen LogP contribution in [-0.2, 0) is 17.6 Å². The predicted molar refractivity (Wildman–Crippen MR) is 85.1 cm³/mol. The second-order valence-electron chi connectivity index (χ2n) is 5.59. The van der Waals surface area contributed by atoms with Gasteiger partial charge in [-0.2, -0.15) is 0 Å². The third-order valence-electron chi connectivity index (χ3n) is 4.25. The third kappa shape index (κ3) is 4.57. The molecule has 1 aromatic heterocycles. The van der Waals surface area contributed by atoms with Crippen molar-refractivity contribution < 1.29 is 4.74 Å². The zero-order valence-electron chi connectivity index (χ0n) is 13.7. The Morgan fingerprint density at radius 1 is 1.30 bits per heavy atom. The van der Waals surface area contributed by atoms with Gasteiger partial charge in [-0.15, -0.1) is 0 Å². The van der Waals surface area contributed by atoms with Crippen LogP contribution >= 0.6 is 0 Å². The minimum Gasteiger partial charge on any atom is -0.377 e. The van der Waals surface area contributed by atoms with Crippen LogP contribution in [0.1, 0.15) is 51.8 Å². The quantitative estimate of drug-likeness (QED) is 0.752. The molecule has 0 aliphatic rings. The highest BCUT2D eigenvalue weighted by molar-refractivity contribution is 5.15. The number of nitrogens with zero attached hydrogens (tertiary/aromatic N) is 1. The second kappa shape index (κ2) is 8.38. The Hall–Kier alpha value is -0.930. The van der Waals surface area contributed by atoms with E-state index in [9.17, 15) is 0 Å². The molecule has 1 heterocycles. The fraction of sp³-hybridized carbons (Fsp3) is 0.706. The lowest BCUT2D eigenvalue weighted by Crippen LogP contribution is -2.51. The molecule has 2 atom stereocenters. The molecule has 1 aromatic rings. The SMILES string of the molecule is CCCNC(Cc1ccc(CC)cn1)C(C)(CC)OC. The van der Waals surface area contributed by atoms with Crippen LogP contribution in [0.15, 0.2) is 18.3 Å². The minimum absolute atomic E-state index is 0.153. The van der Waals surface area contributed by atoms with Gasteiger partial charge in [0.15, 0.2) is 0 Å². The van der Waals surface area contributed by atoms with E-state index in [0.717, 1.165) is 37.9 Å². The van der Waals surface area contributed by atoms with Crippen molar-refractivity contribution in [3.63, 3.8) is 0 Å². The van der Waals surface area contributed by atoms with Gasteiger partial charge in [-0.3, -0.25) is 4.98 Å². The molecule has 20 heavy (non-hydrogen) atoms. The first-order valence-corrected chi connectivity index (χ1v) is 7.81. The summed E-state index contributed by atoms with van der Waals surface area (Å²) in [6.07, 6.45) is 6.04. The number of methoxy groups -OCH3 is 1. The molecule has 1 N–H and O–H groups in total. The van der Waals surface area contributed by atoms with Gasteiger partial charge < -0.3 is 10.1 Å². The molecular weight excluding hydrogens is 248 g/mol. The van der Waals surface area contributed by atoms with E-state index >= 15 is 0 Å².